The zero-order valence-corrected chi connectivity index (χ0v) is 15.4. The Balaban J connectivity index is 0.00000243. The lowest BCUT2D eigenvalue weighted by Gasteiger charge is -2.32. The fourth-order valence-electron chi connectivity index (χ4n) is 2.98. The Morgan fingerprint density at radius 1 is 0.923 bits per heavy atom. The predicted molar refractivity (Wildman–Crippen MR) is 106 cm³/mol. The van der Waals surface area contributed by atoms with Crippen LogP contribution in [0.25, 0.3) is 0 Å². The molecule has 138 valence electrons. The second kappa shape index (κ2) is 9.82. The Bertz CT molecular complexity index is 702. The number of nitrogens with one attached hydrogen (secondary N) is 2. The van der Waals surface area contributed by atoms with Gasteiger partial charge in [-0.05, 0) is 37.1 Å². The van der Waals surface area contributed by atoms with E-state index in [0.717, 1.165) is 18.5 Å². The van der Waals surface area contributed by atoms with E-state index in [9.17, 15) is 9.59 Å². The summed E-state index contributed by atoms with van der Waals surface area (Å²) in [5.41, 5.74) is 1.62. The van der Waals surface area contributed by atoms with Crippen LogP contribution in [0.5, 0.6) is 0 Å². The largest absolute Gasteiger partial charge is 0.376 e. The molecule has 1 heterocycles. The maximum Gasteiger partial charge on any atom is 0.251 e. The van der Waals surface area contributed by atoms with Gasteiger partial charge in [0.25, 0.3) is 5.91 Å². The van der Waals surface area contributed by atoms with Crippen molar-refractivity contribution < 1.29 is 9.59 Å². The predicted octanol–water partition coefficient (Wildman–Crippen LogP) is 2.94. The minimum atomic E-state index is -0.0453. The molecule has 0 bridgehead atoms. The molecule has 0 atom stereocenters. The first-order valence-electron chi connectivity index (χ1n) is 8.65. The molecular weight excluding hydrogens is 350 g/mol. The van der Waals surface area contributed by atoms with Gasteiger partial charge in [0.15, 0.2) is 0 Å². The van der Waals surface area contributed by atoms with E-state index in [-0.39, 0.29) is 30.3 Å². The Labute approximate surface area is 160 Å². The molecule has 5 nitrogen and oxygen atoms in total. The molecule has 2 aromatic carbocycles. The Kier molecular flexibility index (Phi) is 7.48. The summed E-state index contributed by atoms with van der Waals surface area (Å²) in [4.78, 5) is 26.3. The van der Waals surface area contributed by atoms with Crippen molar-refractivity contribution in [1.82, 2.24) is 10.2 Å². The molecule has 0 unspecified atom stereocenters. The normalized spacial score (nSPS) is 14.2. The summed E-state index contributed by atoms with van der Waals surface area (Å²) in [5.74, 6) is 0.0489. The quantitative estimate of drug-likeness (QED) is 0.847. The fourth-order valence-corrected chi connectivity index (χ4v) is 2.98. The number of benzene rings is 2. The summed E-state index contributed by atoms with van der Waals surface area (Å²) in [6, 6.07) is 19.1. The van der Waals surface area contributed by atoms with E-state index in [2.05, 4.69) is 10.6 Å². The number of nitrogens with zero attached hydrogens (tertiary/aromatic N) is 1. The first-order valence-corrected chi connectivity index (χ1v) is 8.65. The van der Waals surface area contributed by atoms with E-state index < -0.39 is 0 Å². The maximum absolute atomic E-state index is 12.3. The van der Waals surface area contributed by atoms with Crippen LogP contribution in [0.2, 0.25) is 0 Å². The van der Waals surface area contributed by atoms with Crippen molar-refractivity contribution in [2.24, 2.45) is 0 Å². The second-order valence-corrected chi connectivity index (χ2v) is 6.21. The number of anilines is 1. The number of hydrogen-bond donors (Lipinski definition) is 2. The lowest BCUT2D eigenvalue weighted by atomic mass is 10.0. The number of para-hydroxylation sites is 1. The average molecular weight is 374 g/mol. The number of rotatable bonds is 5. The zero-order valence-electron chi connectivity index (χ0n) is 14.6. The highest BCUT2D eigenvalue weighted by molar-refractivity contribution is 5.94. The van der Waals surface area contributed by atoms with Gasteiger partial charge in [0.1, 0.15) is 0 Å². The zero-order chi connectivity index (χ0) is 17.5. The van der Waals surface area contributed by atoms with Crippen molar-refractivity contribution in [3.63, 3.8) is 0 Å². The van der Waals surface area contributed by atoms with Crippen molar-refractivity contribution in [2.75, 3.05) is 25.0 Å². The molecule has 1 fully saturated rings. The van der Waals surface area contributed by atoms with E-state index in [1.165, 1.54) is 0 Å². The Morgan fingerprint density at radius 2 is 1.50 bits per heavy atom. The van der Waals surface area contributed by atoms with Gasteiger partial charge < -0.3 is 15.5 Å². The van der Waals surface area contributed by atoms with Crippen molar-refractivity contribution >= 4 is 29.9 Å². The molecule has 0 saturated carbocycles. The van der Waals surface area contributed by atoms with E-state index in [4.69, 9.17) is 0 Å². The Hall–Kier alpha value is -2.53. The van der Waals surface area contributed by atoms with E-state index in [1.54, 1.807) is 0 Å². The van der Waals surface area contributed by atoms with Gasteiger partial charge >= 0.3 is 0 Å². The number of likely N-dealkylation sites (tertiary alicyclic amines) is 1. The molecule has 2 amide bonds. The van der Waals surface area contributed by atoms with E-state index >= 15 is 0 Å². The van der Waals surface area contributed by atoms with Crippen LogP contribution in [-0.4, -0.2) is 42.4 Å². The van der Waals surface area contributed by atoms with Crippen molar-refractivity contribution in [2.45, 2.75) is 18.9 Å². The van der Waals surface area contributed by atoms with Gasteiger partial charge in [-0.25, -0.2) is 0 Å². The van der Waals surface area contributed by atoms with Crippen LogP contribution in [0, 0.1) is 0 Å². The molecule has 1 aliphatic rings. The van der Waals surface area contributed by atoms with Crippen LogP contribution < -0.4 is 10.6 Å². The lowest BCUT2D eigenvalue weighted by Crippen LogP contribution is -2.47. The van der Waals surface area contributed by atoms with Crippen LogP contribution in [0.1, 0.15) is 23.2 Å². The van der Waals surface area contributed by atoms with Gasteiger partial charge in [-0.2, -0.15) is 0 Å². The smallest absolute Gasteiger partial charge is 0.251 e. The number of piperidine rings is 1. The van der Waals surface area contributed by atoms with E-state index in [1.807, 2.05) is 65.6 Å². The standard InChI is InChI=1S/C20H23N3O2.ClH/c24-19(15-21-17-9-5-2-6-10-17)23-13-11-18(12-14-23)22-20(25)16-7-3-1-4-8-16;/h1-10,18,21H,11-15H2,(H,22,25);1H. The minimum absolute atomic E-state index is 0. The summed E-state index contributed by atoms with van der Waals surface area (Å²) in [7, 11) is 0. The summed E-state index contributed by atoms with van der Waals surface area (Å²) in [6.45, 7) is 1.65. The summed E-state index contributed by atoms with van der Waals surface area (Å²) >= 11 is 0. The van der Waals surface area contributed by atoms with Crippen LogP contribution in [0.15, 0.2) is 60.7 Å². The van der Waals surface area contributed by atoms with Gasteiger partial charge in [-0.3, -0.25) is 9.59 Å². The highest BCUT2D eigenvalue weighted by atomic mass is 35.5. The summed E-state index contributed by atoms with van der Waals surface area (Å²) in [5, 5.41) is 6.21. The molecule has 3 rings (SSSR count). The van der Waals surface area contributed by atoms with Crippen LogP contribution in [0.3, 0.4) is 0 Å². The third kappa shape index (κ3) is 5.49. The fraction of sp³-hybridized carbons (Fsp3) is 0.300. The average Bonchev–Trinajstić information content (AvgIpc) is 2.68. The van der Waals surface area contributed by atoms with Gasteiger partial charge in [0.05, 0.1) is 6.54 Å². The molecule has 1 saturated heterocycles. The molecule has 6 heteroatoms. The van der Waals surface area contributed by atoms with E-state index in [0.29, 0.717) is 25.2 Å². The van der Waals surface area contributed by atoms with Gasteiger partial charge in [0.2, 0.25) is 5.91 Å². The molecule has 0 aromatic heterocycles. The van der Waals surface area contributed by atoms with Crippen molar-refractivity contribution in [3.8, 4) is 0 Å². The molecule has 26 heavy (non-hydrogen) atoms. The molecule has 0 aliphatic carbocycles. The number of carbonyl (C=O) groups excluding carboxylic acids is 2. The first-order chi connectivity index (χ1) is 12.2. The lowest BCUT2D eigenvalue weighted by molar-refractivity contribution is -0.130. The van der Waals surface area contributed by atoms with Crippen LogP contribution >= 0.6 is 12.4 Å². The monoisotopic (exact) mass is 373 g/mol. The summed E-state index contributed by atoms with van der Waals surface area (Å²) < 4.78 is 0. The van der Waals surface area contributed by atoms with Crippen LogP contribution in [-0.2, 0) is 4.79 Å². The van der Waals surface area contributed by atoms with Gasteiger partial charge in [-0.1, -0.05) is 36.4 Å². The van der Waals surface area contributed by atoms with Gasteiger partial charge in [0, 0.05) is 30.4 Å². The van der Waals surface area contributed by atoms with Crippen LogP contribution in [0.4, 0.5) is 5.69 Å². The van der Waals surface area contributed by atoms with Crippen molar-refractivity contribution in [3.05, 3.63) is 66.2 Å². The number of hydrogen-bond acceptors (Lipinski definition) is 3. The number of amides is 2. The topological polar surface area (TPSA) is 61.4 Å². The molecule has 2 aromatic rings. The SMILES string of the molecule is Cl.O=C(NC1CCN(C(=O)CNc2ccccc2)CC1)c1ccccc1. The van der Waals surface area contributed by atoms with Crippen molar-refractivity contribution in [1.29, 1.82) is 0 Å². The molecule has 2 N–H and O–H groups in total. The highest BCUT2D eigenvalue weighted by Crippen LogP contribution is 2.12. The molecule has 0 spiro atoms. The third-order valence-corrected chi connectivity index (χ3v) is 4.44. The number of halogens is 1. The highest BCUT2D eigenvalue weighted by Gasteiger charge is 2.23. The second-order valence-electron chi connectivity index (χ2n) is 6.21. The molecule has 0 radical (unpaired) electrons. The third-order valence-electron chi connectivity index (χ3n) is 4.44. The minimum Gasteiger partial charge on any atom is -0.376 e. The van der Waals surface area contributed by atoms with Gasteiger partial charge in [-0.15, -0.1) is 12.4 Å². The molecule has 1 aliphatic heterocycles. The number of carbonyl (C=O) groups is 2. The Morgan fingerprint density at radius 3 is 2.12 bits per heavy atom. The first kappa shape index (κ1) is 19.8. The maximum atomic E-state index is 12.3. The molecular formula is C20H24ClN3O2. The summed E-state index contributed by atoms with van der Waals surface area (Å²) in [6.07, 6.45) is 1.57.